The Bertz CT molecular complexity index is 197. The van der Waals surface area contributed by atoms with Gasteiger partial charge in [-0.25, -0.2) is 0 Å². The minimum Gasteiger partial charge on any atom is -0.393 e. The summed E-state index contributed by atoms with van der Waals surface area (Å²) in [6, 6.07) is 0. The molecule has 1 aliphatic carbocycles. The van der Waals surface area contributed by atoms with Crippen LogP contribution in [0, 0.1) is 17.8 Å². The largest absolute Gasteiger partial charge is 0.393 e. The molecule has 0 radical (unpaired) electrons. The highest BCUT2D eigenvalue weighted by Crippen LogP contribution is 2.29. The van der Waals surface area contributed by atoms with Crippen molar-refractivity contribution in [3.05, 3.63) is 0 Å². The van der Waals surface area contributed by atoms with Crippen LogP contribution in [0.5, 0.6) is 0 Å². The number of rotatable bonds is 3. The van der Waals surface area contributed by atoms with Crippen LogP contribution in [-0.2, 0) is 0 Å². The standard InChI is InChI=1S/C13H25NO/c1-10-8-14(9-11(10)2)7-6-12-4-3-5-13(12)15/h10-13,15H,3-9H2,1-2H3. The number of aliphatic hydroxyl groups excluding tert-OH is 1. The second-order valence-electron chi connectivity index (χ2n) is 5.76. The summed E-state index contributed by atoms with van der Waals surface area (Å²) in [6.07, 6.45) is 4.74. The Kier molecular flexibility index (Phi) is 3.68. The first-order valence-electron chi connectivity index (χ1n) is 6.57. The molecule has 0 aromatic rings. The van der Waals surface area contributed by atoms with Gasteiger partial charge in [-0.3, -0.25) is 0 Å². The summed E-state index contributed by atoms with van der Waals surface area (Å²) < 4.78 is 0. The van der Waals surface area contributed by atoms with Crippen LogP contribution in [0.2, 0.25) is 0 Å². The lowest BCUT2D eigenvalue weighted by Gasteiger charge is -2.20. The Balaban J connectivity index is 1.70. The summed E-state index contributed by atoms with van der Waals surface area (Å²) in [7, 11) is 0. The molecule has 4 atom stereocenters. The van der Waals surface area contributed by atoms with E-state index in [2.05, 4.69) is 18.7 Å². The molecule has 4 unspecified atom stereocenters. The molecule has 0 bridgehead atoms. The molecule has 2 heteroatoms. The molecule has 2 fully saturated rings. The quantitative estimate of drug-likeness (QED) is 0.773. The zero-order chi connectivity index (χ0) is 10.8. The van der Waals surface area contributed by atoms with Crippen LogP contribution in [0.25, 0.3) is 0 Å². The molecule has 0 spiro atoms. The van der Waals surface area contributed by atoms with Crippen molar-refractivity contribution in [2.45, 2.75) is 45.6 Å². The molecule has 1 aliphatic heterocycles. The van der Waals surface area contributed by atoms with Gasteiger partial charge in [0.2, 0.25) is 0 Å². The van der Waals surface area contributed by atoms with Crippen molar-refractivity contribution in [1.82, 2.24) is 4.90 Å². The molecule has 0 aromatic carbocycles. The lowest BCUT2D eigenvalue weighted by Crippen LogP contribution is -2.26. The van der Waals surface area contributed by atoms with Gasteiger partial charge in [0, 0.05) is 13.1 Å². The summed E-state index contributed by atoms with van der Waals surface area (Å²) in [5.74, 6) is 2.31. The van der Waals surface area contributed by atoms with Gasteiger partial charge in [0.05, 0.1) is 6.10 Å². The summed E-state index contributed by atoms with van der Waals surface area (Å²) >= 11 is 0. The Morgan fingerprint density at radius 2 is 1.80 bits per heavy atom. The number of likely N-dealkylation sites (tertiary alicyclic amines) is 1. The molecule has 2 nitrogen and oxygen atoms in total. The SMILES string of the molecule is CC1CN(CCC2CCCC2O)CC1C. The second kappa shape index (κ2) is 4.84. The van der Waals surface area contributed by atoms with Crippen molar-refractivity contribution in [3.8, 4) is 0 Å². The van der Waals surface area contributed by atoms with Crippen LogP contribution < -0.4 is 0 Å². The van der Waals surface area contributed by atoms with Gasteiger partial charge in [-0.1, -0.05) is 20.3 Å². The molecule has 88 valence electrons. The predicted octanol–water partition coefficient (Wildman–Crippen LogP) is 2.13. The van der Waals surface area contributed by atoms with Crippen LogP contribution >= 0.6 is 0 Å². The molecule has 1 saturated carbocycles. The third-order valence-corrected chi connectivity index (χ3v) is 4.50. The Morgan fingerprint density at radius 1 is 1.13 bits per heavy atom. The minimum atomic E-state index is 0.00227. The van der Waals surface area contributed by atoms with Crippen LogP contribution in [0.1, 0.15) is 39.5 Å². The van der Waals surface area contributed by atoms with Crippen molar-refractivity contribution < 1.29 is 5.11 Å². The van der Waals surface area contributed by atoms with Gasteiger partial charge in [-0.05, 0) is 43.6 Å². The third-order valence-electron chi connectivity index (χ3n) is 4.50. The number of hydrogen-bond acceptors (Lipinski definition) is 2. The molecule has 1 N–H and O–H groups in total. The molecular weight excluding hydrogens is 186 g/mol. The molecule has 0 aromatic heterocycles. The smallest absolute Gasteiger partial charge is 0.0568 e. The zero-order valence-corrected chi connectivity index (χ0v) is 10.2. The van der Waals surface area contributed by atoms with Crippen LogP contribution in [0.3, 0.4) is 0 Å². The van der Waals surface area contributed by atoms with Crippen molar-refractivity contribution in [2.75, 3.05) is 19.6 Å². The highest BCUT2D eigenvalue weighted by molar-refractivity contribution is 4.81. The average Bonchev–Trinajstić information content (AvgIpc) is 2.72. The van der Waals surface area contributed by atoms with E-state index < -0.39 is 0 Å². The highest BCUT2D eigenvalue weighted by Gasteiger charge is 2.29. The summed E-state index contributed by atoms with van der Waals surface area (Å²) in [4.78, 5) is 2.58. The van der Waals surface area contributed by atoms with Crippen molar-refractivity contribution >= 4 is 0 Å². The summed E-state index contributed by atoms with van der Waals surface area (Å²) in [6.45, 7) is 8.45. The Labute approximate surface area is 93.7 Å². The lowest BCUT2D eigenvalue weighted by atomic mass is 10.0. The fraction of sp³-hybridized carbons (Fsp3) is 1.00. The maximum absolute atomic E-state index is 9.75. The Hall–Kier alpha value is -0.0800. The topological polar surface area (TPSA) is 23.5 Å². The summed E-state index contributed by atoms with van der Waals surface area (Å²) in [5.41, 5.74) is 0. The molecule has 15 heavy (non-hydrogen) atoms. The van der Waals surface area contributed by atoms with E-state index in [0.29, 0.717) is 5.92 Å². The van der Waals surface area contributed by atoms with Crippen molar-refractivity contribution in [1.29, 1.82) is 0 Å². The molecule has 1 heterocycles. The summed E-state index contributed by atoms with van der Waals surface area (Å²) in [5, 5.41) is 9.75. The fourth-order valence-corrected chi connectivity index (χ4v) is 3.13. The number of hydrogen-bond donors (Lipinski definition) is 1. The molecule has 1 saturated heterocycles. The Morgan fingerprint density at radius 3 is 2.33 bits per heavy atom. The fourth-order valence-electron chi connectivity index (χ4n) is 3.13. The van der Waals surface area contributed by atoms with Gasteiger partial charge in [-0.2, -0.15) is 0 Å². The molecule has 2 rings (SSSR count). The van der Waals surface area contributed by atoms with E-state index in [9.17, 15) is 5.11 Å². The maximum Gasteiger partial charge on any atom is 0.0568 e. The van der Waals surface area contributed by atoms with E-state index in [-0.39, 0.29) is 6.10 Å². The van der Waals surface area contributed by atoms with Gasteiger partial charge >= 0.3 is 0 Å². The molecular formula is C13H25NO. The van der Waals surface area contributed by atoms with Gasteiger partial charge in [0.1, 0.15) is 0 Å². The third kappa shape index (κ3) is 2.73. The predicted molar refractivity (Wildman–Crippen MR) is 62.7 cm³/mol. The molecule has 2 aliphatic rings. The first kappa shape index (κ1) is 11.4. The highest BCUT2D eigenvalue weighted by atomic mass is 16.3. The minimum absolute atomic E-state index is 0.00227. The average molecular weight is 211 g/mol. The second-order valence-corrected chi connectivity index (χ2v) is 5.76. The van der Waals surface area contributed by atoms with Gasteiger partial charge in [0.15, 0.2) is 0 Å². The van der Waals surface area contributed by atoms with E-state index in [1.807, 2.05) is 0 Å². The van der Waals surface area contributed by atoms with E-state index in [4.69, 9.17) is 0 Å². The van der Waals surface area contributed by atoms with E-state index in [1.54, 1.807) is 0 Å². The first-order valence-corrected chi connectivity index (χ1v) is 6.57. The number of aliphatic hydroxyl groups is 1. The van der Waals surface area contributed by atoms with Crippen LogP contribution in [0.15, 0.2) is 0 Å². The van der Waals surface area contributed by atoms with E-state index in [1.165, 1.54) is 38.9 Å². The van der Waals surface area contributed by atoms with Crippen LogP contribution in [-0.4, -0.2) is 35.7 Å². The van der Waals surface area contributed by atoms with Crippen molar-refractivity contribution in [2.24, 2.45) is 17.8 Å². The zero-order valence-electron chi connectivity index (χ0n) is 10.2. The van der Waals surface area contributed by atoms with E-state index in [0.717, 1.165) is 18.3 Å². The van der Waals surface area contributed by atoms with Crippen molar-refractivity contribution in [3.63, 3.8) is 0 Å². The number of nitrogens with zero attached hydrogens (tertiary/aromatic N) is 1. The van der Waals surface area contributed by atoms with E-state index >= 15 is 0 Å². The van der Waals surface area contributed by atoms with Crippen LogP contribution in [0.4, 0.5) is 0 Å². The van der Waals surface area contributed by atoms with Gasteiger partial charge < -0.3 is 10.0 Å². The lowest BCUT2D eigenvalue weighted by molar-refractivity contribution is 0.120. The normalized spacial score (nSPS) is 42.6. The van der Waals surface area contributed by atoms with Gasteiger partial charge in [0.25, 0.3) is 0 Å². The molecule has 0 amide bonds. The first-order chi connectivity index (χ1) is 7.16. The maximum atomic E-state index is 9.75. The van der Waals surface area contributed by atoms with Gasteiger partial charge in [-0.15, -0.1) is 0 Å². The monoisotopic (exact) mass is 211 g/mol.